The van der Waals surface area contributed by atoms with Crippen molar-refractivity contribution in [2.75, 3.05) is 5.32 Å². The lowest BCUT2D eigenvalue weighted by molar-refractivity contribution is 0.0872. The summed E-state index contributed by atoms with van der Waals surface area (Å²) in [5, 5.41) is 13.6. The molecule has 3 aliphatic rings. The van der Waals surface area contributed by atoms with Crippen molar-refractivity contribution in [3.05, 3.63) is 46.8 Å². The van der Waals surface area contributed by atoms with Crippen molar-refractivity contribution < 1.29 is 23.1 Å². The van der Waals surface area contributed by atoms with Gasteiger partial charge in [-0.05, 0) is 68.6 Å². The second-order valence-electron chi connectivity index (χ2n) is 10.0. The number of imidazole rings is 1. The lowest BCUT2D eigenvalue weighted by Crippen LogP contribution is -2.25. The van der Waals surface area contributed by atoms with Gasteiger partial charge in [0.1, 0.15) is 17.1 Å². The Labute approximate surface area is 200 Å². The molecule has 3 saturated carbocycles. The van der Waals surface area contributed by atoms with Gasteiger partial charge in [0, 0.05) is 18.7 Å². The molecule has 0 aliphatic heterocycles. The van der Waals surface area contributed by atoms with Crippen LogP contribution in [0.5, 0.6) is 0 Å². The minimum Gasteiger partial charge on any atom is -0.378 e. The standard InChI is InChI=1S/C25H25ClF3N3O2/c1-32-13-30-20(21(32)22(33)31-17-2-3-19(27)18(26)10-17)14-8-15-11-25(34,12-16(15)9-14)7-6-24(4-5-24)23(28)29/h2-3,10,13-16,23,34H,4-5,8-9,11-12H2,1H3,(H,31,33). The second kappa shape index (κ2) is 8.31. The Hall–Kier alpha value is -2.50. The van der Waals surface area contributed by atoms with Crippen LogP contribution in [-0.2, 0) is 7.05 Å². The highest BCUT2D eigenvalue weighted by molar-refractivity contribution is 6.31. The Morgan fingerprint density at radius 3 is 2.53 bits per heavy atom. The molecule has 1 heterocycles. The van der Waals surface area contributed by atoms with Gasteiger partial charge in [-0.3, -0.25) is 4.79 Å². The number of aromatic nitrogens is 2. The predicted molar refractivity (Wildman–Crippen MR) is 121 cm³/mol. The molecule has 3 fully saturated rings. The maximum absolute atomic E-state index is 13.4. The zero-order chi connectivity index (χ0) is 24.3. The number of hydrogen-bond acceptors (Lipinski definition) is 3. The van der Waals surface area contributed by atoms with Gasteiger partial charge in [-0.2, -0.15) is 0 Å². The summed E-state index contributed by atoms with van der Waals surface area (Å²) in [6.45, 7) is 0. The Bertz CT molecular complexity index is 1180. The molecular formula is C25H25ClF3N3O2. The van der Waals surface area contributed by atoms with Gasteiger partial charge in [-0.25, -0.2) is 18.2 Å². The molecular weight excluding hydrogens is 467 g/mol. The zero-order valence-corrected chi connectivity index (χ0v) is 19.4. The Balaban J connectivity index is 1.28. The number of anilines is 1. The van der Waals surface area contributed by atoms with E-state index in [0.717, 1.165) is 12.8 Å². The van der Waals surface area contributed by atoms with E-state index in [-0.39, 0.29) is 28.7 Å². The van der Waals surface area contributed by atoms with E-state index >= 15 is 0 Å². The monoisotopic (exact) mass is 491 g/mol. The van der Waals surface area contributed by atoms with E-state index in [1.807, 2.05) is 0 Å². The summed E-state index contributed by atoms with van der Waals surface area (Å²) in [7, 11) is 1.74. The van der Waals surface area contributed by atoms with E-state index < -0.39 is 23.3 Å². The van der Waals surface area contributed by atoms with Crippen molar-refractivity contribution in [1.82, 2.24) is 9.55 Å². The van der Waals surface area contributed by atoms with Crippen LogP contribution in [0, 0.1) is 34.9 Å². The third-order valence-corrected chi connectivity index (χ3v) is 7.83. The highest BCUT2D eigenvalue weighted by atomic mass is 35.5. The molecule has 5 rings (SSSR count). The molecule has 3 aliphatic carbocycles. The van der Waals surface area contributed by atoms with Crippen LogP contribution in [0.2, 0.25) is 5.02 Å². The molecule has 2 aromatic rings. The third-order valence-electron chi connectivity index (χ3n) is 7.54. The topological polar surface area (TPSA) is 67.1 Å². The first-order valence-electron chi connectivity index (χ1n) is 11.4. The van der Waals surface area contributed by atoms with Crippen LogP contribution in [0.3, 0.4) is 0 Å². The minimum atomic E-state index is -2.48. The number of carbonyl (C=O) groups is 1. The summed E-state index contributed by atoms with van der Waals surface area (Å²) >= 11 is 5.82. The van der Waals surface area contributed by atoms with Crippen molar-refractivity contribution in [1.29, 1.82) is 0 Å². The van der Waals surface area contributed by atoms with Crippen LogP contribution < -0.4 is 5.32 Å². The summed E-state index contributed by atoms with van der Waals surface area (Å²) in [5.41, 5.74) is -0.953. The van der Waals surface area contributed by atoms with E-state index in [1.54, 1.807) is 17.9 Å². The average molecular weight is 492 g/mol. The van der Waals surface area contributed by atoms with Crippen LogP contribution in [0.4, 0.5) is 18.9 Å². The number of amides is 1. The number of alkyl halides is 2. The first-order valence-corrected chi connectivity index (χ1v) is 11.8. The number of halogens is 4. The molecule has 180 valence electrons. The molecule has 1 aromatic heterocycles. The van der Waals surface area contributed by atoms with Gasteiger partial charge in [0.2, 0.25) is 0 Å². The van der Waals surface area contributed by atoms with Crippen molar-refractivity contribution in [3.63, 3.8) is 0 Å². The molecule has 0 spiro atoms. The molecule has 2 atom stereocenters. The Morgan fingerprint density at radius 1 is 1.26 bits per heavy atom. The Kier molecular flexibility index (Phi) is 5.69. The van der Waals surface area contributed by atoms with E-state index in [0.29, 0.717) is 42.8 Å². The second-order valence-corrected chi connectivity index (χ2v) is 10.4. The van der Waals surface area contributed by atoms with Crippen molar-refractivity contribution in [2.45, 2.75) is 56.5 Å². The number of nitrogens with one attached hydrogen (secondary N) is 1. The van der Waals surface area contributed by atoms with E-state index in [4.69, 9.17) is 11.6 Å². The number of aliphatic hydroxyl groups is 1. The van der Waals surface area contributed by atoms with Crippen molar-refractivity contribution >= 4 is 23.2 Å². The van der Waals surface area contributed by atoms with Crippen molar-refractivity contribution in [3.8, 4) is 11.8 Å². The smallest absolute Gasteiger partial charge is 0.274 e. The van der Waals surface area contributed by atoms with Crippen LogP contribution in [-0.4, -0.2) is 32.6 Å². The quantitative estimate of drug-likeness (QED) is 0.581. The molecule has 2 N–H and O–H groups in total. The predicted octanol–water partition coefficient (Wildman–Crippen LogP) is 5.15. The summed E-state index contributed by atoms with van der Waals surface area (Å²) in [4.78, 5) is 17.5. The number of hydrogen-bond donors (Lipinski definition) is 2. The summed E-state index contributed by atoms with van der Waals surface area (Å²) < 4.78 is 41.4. The highest BCUT2D eigenvalue weighted by Crippen LogP contribution is 2.55. The van der Waals surface area contributed by atoms with Gasteiger partial charge in [0.05, 0.1) is 22.5 Å². The molecule has 0 bridgehead atoms. The van der Waals surface area contributed by atoms with E-state index in [1.165, 1.54) is 18.2 Å². The molecule has 2 unspecified atom stereocenters. The van der Waals surface area contributed by atoms with Gasteiger partial charge in [-0.15, -0.1) is 0 Å². The molecule has 0 saturated heterocycles. The summed E-state index contributed by atoms with van der Waals surface area (Å²) in [5.74, 6) is 4.99. The maximum atomic E-state index is 13.4. The number of nitrogens with zero attached hydrogens (tertiary/aromatic N) is 2. The highest BCUT2D eigenvalue weighted by Gasteiger charge is 2.52. The molecule has 1 amide bonds. The summed E-state index contributed by atoms with van der Waals surface area (Å²) in [6, 6.07) is 3.99. The minimum absolute atomic E-state index is 0.0436. The first-order chi connectivity index (χ1) is 16.1. The fourth-order valence-electron chi connectivity index (χ4n) is 5.55. The van der Waals surface area contributed by atoms with Gasteiger partial charge in [0.25, 0.3) is 12.3 Å². The van der Waals surface area contributed by atoms with E-state index in [2.05, 4.69) is 22.1 Å². The SMILES string of the molecule is Cn1cnc(C2CC3CC(O)(C#CC4(C(F)F)CC4)CC3C2)c1C(=O)Nc1ccc(F)c(Cl)c1. The number of carbonyl (C=O) groups excluding carboxylic acids is 1. The maximum Gasteiger partial charge on any atom is 0.274 e. The lowest BCUT2D eigenvalue weighted by Gasteiger charge is -2.19. The molecule has 0 radical (unpaired) electrons. The van der Waals surface area contributed by atoms with Gasteiger partial charge >= 0.3 is 0 Å². The van der Waals surface area contributed by atoms with Crippen LogP contribution in [0.1, 0.15) is 60.6 Å². The fourth-order valence-corrected chi connectivity index (χ4v) is 5.73. The van der Waals surface area contributed by atoms with Crippen LogP contribution >= 0.6 is 11.6 Å². The average Bonchev–Trinajstić information content (AvgIpc) is 3.20. The first kappa shape index (κ1) is 23.3. The van der Waals surface area contributed by atoms with E-state index in [9.17, 15) is 23.1 Å². The third kappa shape index (κ3) is 4.20. The van der Waals surface area contributed by atoms with Gasteiger partial charge < -0.3 is 15.0 Å². The summed E-state index contributed by atoms with van der Waals surface area (Å²) in [6.07, 6.45) is 2.27. The Morgan fingerprint density at radius 2 is 1.94 bits per heavy atom. The van der Waals surface area contributed by atoms with Crippen LogP contribution in [0.15, 0.2) is 24.5 Å². The zero-order valence-electron chi connectivity index (χ0n) is 18.6. The van der Waals surface area contributed by atoms with Crippen LogP contribution in [0.25, 0.3) is 0 Å². The molecule has 1 aromatic carbocycles. The molecule has 34 heavy (non-hydrogen) atoms. The lowest BCUT2D eigenvalue weighted by atomic mass is 9.92. The molecule has 9 heteroatoms. The molecule has 5 nitrogen and oxygen atoms in total. The number of rotatable bonds is 4. The largest absolute Gasteiger partial charge is 0.378 e. The van der Waals surface area contributed by atoms with Gasteiger partial charge in [-0.1, -0.05) is 23.4 Å². The van der Waals surface area contributed by atoms with Crippen molar-refractivity contribution in [2.24, 2.45) is 24.3 Å². The fraction of sp³-hybridized carbons (Fsp3) is 0.520. The number of benzene rings is 1. The normalized spacial score (nSPS) is 29.0. The number of fused-ring (bicyclic) bond motifs is 1. The number of aryl methyl sites for hydroxylation is 1. The van der Waals surface area contributed by atoms with Gasteiger partial charge in [0.15, 0.2) is 0 Å².